The molecule has 2 aromatic rings. The summed E-state index contributed by atoms with van der Waals surface area (Å²) in [6.07, 6.45) is 1.98. The molecule has 2 rings (SSSR count). The summed E-state index contributed by atoms with van der Waals surface area (Å²) in [5.41, 5.74) is 0. The van der Waals surface area contributed by atoms with Crippen molar-refractivity contribution in [2.45, 2.75) is 13.0 Å². The van der Waals surface area contributed by atoms with Crippen molar-refractivity contribution < 1.29 is 4.74 Å². The second kappa shape index (κ2) is 6.73. The predicted octanol–water partition coefficient (Wildman–Crippen LogP) is 4.15. The number of rotatable bonds is 6. The summed E-state index contributed by atoms with van der Waals surface area (Å²) in [5, 5.41) is 5.65. The molecule has 0 heterocycles. The van der Waals surface area contributed by atoms with Gasteiger partial charge in [-0.15, -0.1) is 6.58 Å². The van der Waals surface area contributed by atoms with Gasteiger partial charge in [-0.3, -0.25) is 0 Å². The van der Waals surface area contributed by atoms with Crippen LogP contribution >= 0.6 is 15.9 Å². The van der Waals surface area contributed by atoms with Crippen molar-refractivity contribution in [3.05, 3.63) is 53.5 Å². The normalized spacial score (nSPS) is 12.3. The number of nitrogens with one attached hydrogen (secondary N) is 1. The van der Waals surface area contributed by atoms with Crippen LogP contribution in [0.25, 0.3) is 10.8 Å². The van der Waals surface area contributed by atoms with Gasteiger partial charge >= 0.3 is 0 Å². The molecule has 2 nitrogen and oxygen atoms in total. The van der Waals surface area contributed by atoms with Gasteiger partial charge in [0.25, 0.3) is 0 Å². The van der Waals surface area contributed by atoms with Gasteiger partial charge in [-0.05, 0) is 42.0 Å². The van der Waals surface area contributed by atoms with Crippen LogP contribution in [-0.2, 0) is 0 Å². The van der Waals surface area contributed by atoms with Gasteiger partial charge in [0.15, 0.2) is 0 Å². The van der Waals surface area contributed by atoms with Gasteiger partial charge in [-0.1, -0.05) is 34.1 Å². The van der Waals surface area contributed by atoms with E-state index in [2.05, 4.69) is 59.0 Å². The molecule has 3 heteroatoms. The first-order chi connectivity index (χ1) is 9.19. The van der Waals surface area contributed by atoms with Crippen LogP contribution in [0.1, 0.15) is 6.92 Å². The third kappa shape index (κ3) is 4.08. The van der Waals surface area contributed by atoms with E-state index in [1.54, 1.807) is 0 Å². The molecule has 0 aliphatic rings. The average Bonchev–Trinajstić information content (AvgIpc) is 2.39. The highest BCUT2D eigenvalue weighted by Crippen LogP contribution is 2.24. The van der Waals surface area contributed by atoms with Gasteiger partial charge in [0.05, 0.1) is 0 Å². The Bertz CT molecular complexity index is 568. The van der Waals surface area contributed by atoms with Crippen molar-refractivity contribution in [2.24, 2.45) is 0 Å². The monoisotopic (exact) mass is 319 g/mol. The smallest absolute Gasteiger partial charge is 0.120 e. The van der Waals surface area contributed by atoms with Gasteiger partial charge in [0, 0.05) is 17.6 Å². The minimum Gasteiger partial charge on any atom is -0.489 e. The molecule has 1 N–H and O–H groups in total. The van der Waals surface area contributed by atoms with Crippen LogP contribution in [0.4, 0.5) is 0 Å². The highest BCUT2D eigenvalue weighted by atomic mass is 79.9. The van der Waals surface area contributed by atoms with E-state index in [1.165, 1.54) is 10.8 Å². The Morgan fingerprint density at radius 1 is 1.26 bits per heavy atom. The fourth-order valence-electron chi connectivity index (χ4n) is 1.93. The first-order valence-corrected chi connectivity index (χ1v) is 7.16. The largest absolute Gasteiger partial charge is 0.489 e. The topological polar surface area (TPSA) is 21.3 Å². The molecule has 0 saturated carbocycles. The van der Waals surface area contributed by atoms with Crippen LogP contribution in [-0.4, -0.2) is 19.2 Å². The highest BCUT2D eigenvalue weighted by Gasteiger charge is 2.04. The van der Waals surface area contributed by atoms with Crippen LogP contribution in [0.2, 0.25) is 0 Å². The molecule has 0 amide bonds. The van der Waals surface area contributed by atoms with Gasteiger partial charge in [-0.25, -0.2) is 0 Å². The lowest BCUT2D eigenvalue weighted by molar-refractivity contribution is 0.219. The van der Waals surface area contributed by atoms with Crippen LogP contribution in [0.5, 0.6) is 5.75 Å². The summed E-state index contributed by atoms with van der Waals surface area (Å²) in [4.78, 5) is 0. The quantitative estimate of drug-likeness (QED) is 0.638. The average molecular weight is 320 g/mol. The standard InChI is InChI=1S/C16H18BrNO/c1-3-8-18-11-12(2)19-16-7-5-13-9-15(17)6-4-14(13)10-16/h3-7,9-10,12,18H,1,8,11H2,2H3. The lowest BCUT2D eigenvalue weighted by atomic mass is 10.1. The Morgan fingerprint density at radius 2 is 2.00 bits per heavy atom. The van der Waals surface area contributed by atoms with Gasteiger partial charge in [0.2, 0.25) is 0 Å². The van der Waals surface area contributed by atoms with Crippen LogP contribution in [0, 0.1) is 0 Å². The maximum atomic E-state index is 5.89. The summed E-state index contributed by atoms with van der Waals surface area (Å²) >= 11 is 3.48. The first kappa shape index (κ1) is 14.1. The van der Waals surface area contributed by atoms with Gasteiger partial charge in [0.1, 0.15) is 11.9 Å². The molecule has 0 aromatic heterocycles. The van der Waals surface area contributed by atoms with E-state index in [0.29, 0.717) is 0 Å². The third-order valence-electron chi connectivity index (χ3n) is 2.83. The minimum atomic E-state index is 0.132. The summed E-state index contributed by atoms with van der Waals surface area (Å²) < 4.78 is 6.98. The molecule has 2 aromatic carbocycles. The second-order valence-electron chi connectivity index (χ2n) is 4.53. The molecule has 0 spiro atoms. The lowest BCUT2D eigenvalue weighted by Crippen LogP contribution is -2.28. The Balaban J connectivity index is 2.04. The fraction of sp³-hybridized carbons (Fsp3) is 0.250. The zero-order valence-electron chi connectivity index (χ0n) is 11.0. The maximum Gasteiger partial charge on any atom is 0.120 e. The van der Waals surface area contributed by atoms with E-state index in [-0.39, 0.29) is 6.10 Å². The summed E-state index contributed by atoms with van der Waals surface area (Å²) in [7, 11) is 0. The fourth-order valence-corrected chi connectivity index (χ4v) is 2.31. The molecule has 100 valence electrons. The predicted molar refractivity (Wildman–Crippen MR) is 84.8 cm³/mol. The van der Waals surface area contributed by atoms with E-state index < -0.39 is 0 Å². The van der Waals surface area contributed by atoms with Crippen molar-refractivity contribution in [1.82, 2.24) is 5.32 Å². The SMILES string of the molecule is C=CCNCC(C)Oc1ccc2cc(Br)ccc2c1. The number of benzene rings is 2. The molecule has 19 heavy (non-hydrogen) atoms. The summed E-state index contributed by atoms with van der Waals surface area (Å²) in [6.45, 7) is 7.35. The van der Waals surface area contributed by atoms with Crippen LogP contribution in [0.15, 0.2) is 53.5 Å². The van der Waals surface area contributed by atoms with Crippen LogP contribution < -0.4 is 10.1 Å². The molecule has 1 unspecified atom stereocenters. The number of fused-ring (bicyclic) bond motifs is 1. The Morgan fingerprint density at radius 3 is 2.79 bits per heavy atom. The molecule has 0 aliphatic heterocycles. The van der Waals surface area contributed by atoms with E-state index >= 15 is 0 Å². The van der Waals surface area contributed by atoms with Gasteiger partial charge in [-0.2, -0.15) is 0 Å². The maximum absolute atomic E-state index is 5.89. The van der Waals surface area contributed by atoms with Crippen molar-refractivity contribution in [2.75, 3.05) is 13.1 Å². The number of halogens is 1. The zero-order valence-corrected chi connectivity index (χ0v) is 12.6. The molecule has 0 fully saturated rings. The third-order valence-corrected chi connectivity index (χ3v) is 3.32. The number of hydrogen-bond donors (Lipinski definition) is 1. The molecular weight excluding hydrogens is 302 g/mol. The Kier molecular flexibility index (Phi) is 5.00. The molecule has 0 radical (unpaired) electrons. The summed E-state index contributed by atoms with van der Waals surface area (Å²) in [6, 6.07) is 12.4. The zero-order chi connectivity index (χ0) is 13.7. The van der Waals surface area contributed by atoms with E-state index in [1.807, 2.05) is 18.2 Å². The Hall–Kier alpha value is -1.32. The molecule has 0 bridgehead atoms. The Labute approximate surface area is 122 Å². The summed E-state index contributed by atoms with van der Waals surface area (Å²) in [5.74, 6) is 0.905. The first-order valence-electron chi connectivity index (χ1n) is 6.36. The van der Waals surface area contributed by atoms with Crippen molar-refractivity contribution >= 4 is 26.7 Å². The van der Waals surface area contributed by atoms with Crippen LogP contribution in [0.3, 0.4) is 0 Å². The highest BCUT2D eigenvalue weighted by molar-refractivity contribution is 9.10. The van der Waals surface area contributed by atoms with E-state index in [0.717, 1.165) is 23.3 Å². The van der Waals surface area contributed by atoms with E-state index in [9.17, 15) is 0 Å². The van der Waals surface area contributed by atoms with E-state index in [4.69, 9.17) is 4.74 Å². The molecule has 0 saturated heterocycles. The number of hydrogen-bond acceptors (Lipinski definition) is 2. The molecular formula is C16H18BrNO. The van der Waals surface area contributed by atoms with Crippen molar-refractivity contribution in [3.8, 4) is 5.75 Å². The lowest BCUT2D eigenvalue weighted by Gasteiger charge is -2.15. The minimum absolute atomic E-state index is 0.132. The van der Waals surface area contributed by atoms with Gasteiger partial charge < -0.3 is 10.1 Å². The van der Waals surface area contributed by atoms with Crippen molar-refractivity contribution in [3.63, 3.8) is 0 Å². The van der Waals surface area contributed by atoms with Crippen molar-refractivity contribution in [1.29, 1.82) is 0 Å². The number of ether oxygens (including phenoxy) is 1. The molecule has 0 aliphatic carbocycles. The molecule has 1 atom stereocenters. The second-order valence-corrected chi connectivity index (χ2v) is 5.44.